The molecule has 2 N–H and O–H groups in total. The summed E-state index contributed by atoms with van der Waals surface area (Å²) in [5.74, 6) is -0.489. The van der Waals surface area contributed by atoms with Crippen molar-refractivity contribution >= 4 is 15.9 Å². The van der Waals surface area contributed by atoms with Gasteiger partial charge in [-0.05, 0) is 33.6 Å². The minimum Gasteiger partial charge on any atom is -0.304 e. The van der Waals surface area contributed by atoms with Crippen LogP contribution in [0.2, 0.25) is 0 Å². The van der Waals surface area contributed by atoms with Crippen LogP contribution in [0, 0.1) is 0 Å². The molecule has 0 atom stereocenters. The summed E-state index contributed by atoms with van der Waals surface area (Å²) < 4.78 is 24.8. The van der Waals surface area contributed by atoms with E-state index in [1.807, 2.05) is 20.8 Å². The van der Waals surface area contributed by atoms with Gasteiger partial charge in [0.15, 0.2) is 0 Å². The molecule has 1 aliphatic carbocycles. The van der Waals surface area contributed by atoms with Gasteiger partial charge in [-0.1, -0.05) is 0 Å². The van der Waals surface area contributed by atoms with Gasteiger partial charge in [0.1, 0.15) is 0 Å². The lowest BCUT2D eigenvalue weighted by atomic mass is 10.1. The molecule has 0 radical (unpaired) electrons. The molecular weight excluding hydrogens is 216 g/mol. The van der Waals surface area contributed by atoms with Crippen LogP contribution in [0.4, 0.5) is 0 Å². The van der Waals surface area contributed by atoms with Gasteiger partial charge in [0.05, 0.1) is 11.8 Å². The zero-order chi connectivity index (χ0) is 11.7. The molecule has 1 amide bonds. The highest BCUT2D eigenvalue weighted by Crippen LogP contribution is 2.27. The molecule has 0 aromatic rings. The lowest BCUT2D eigenvalue weighted by Crippen LogP contribution is -2.45. The summed E-state index contributed by atoms with van der Waals surface area (Å²) in [4.78, 5) is 11.3. The average molecular weight is 234 g/mol. The Morgan fingerprint density at radius 1 is 1.33 bits per heavy atom. The van der Waals surface area contributed by atoms with Crippen LogP contribution in [-0.2, 0) is 14.8 Å². The Kier molecular flexibility index (Phi) is 3.40. The van der Waals surface area contributed by atoms with Crippen LogP contribution < -0.4 is 10.0 Å². The smallest absolute Gasteiger partial charge is 0.247 e. The van der Waals surface area contributed by atoms with Crippen LogP contribution in [0.25, 0.3) is 0 Å². The molecule has 0 heterocycles. The molecule has 0 aliphatic heterocycles. The van der Waals surface area contributed by atoms with Gasteiger partial charge in [-0.25, -0.2) is 8.42 Å². The minimum atomic E-state index is -3.39. The Bertz CT molecular complexity index is 339. The third kappa shape index (κ3) is 4.61. The molecule has 15 heavy (non-hydrogen) atoms. The van der Waals surface area contributed by atoms with Crippen LogP contribution >= 0.6 is 0 Å². The topological polar surface area (TPSA) is 75.3 Å². The summed E-state index contributed by atoms with van der Waals surface area (Å²) in [5.41, 5.74) is -0.194. The highest BCUT2D eigenvalue weighted by Gasteiger charge is 2.36. The molecule has 0 spiro atoms. The summed E-state index contributed by atoms with van der Waals surface area (Å²) in [7, 11) is -3.39. The number of hydrogen-bond donors (Lipinski definition) is 2. The SMILES string of the molecule is CC(C)(C)NCC(=O)NS(=O)(=O)C1CC1. The maximum atomic E-state index is 11.4. The molecule has 1 aliphatic rings. The molecule has 0 aromatic heterocycles. The molecule has 0 aromatic carbocycles. The van der Waals surface area contributed by atoms with Gasteiger partial charge < -0.3 is 5.32 Å². The van der Waals surface area contributed by atoms with E-state index in [1.54, 1.807) is 0 Å². The quantitative estimate of drug-likeness (QED) is 0.717. The summed E-state index contributed by atoms with van der Waals surface area (Å²) in [6.07, 6.45) is 1.32. The summed E-state index contributed by atoms with van der Waals surface area (Å²) in [6.45, 7) is 5.76. The zero-order valence-electron chi connectivity index (χ0n) is 9.33. The van der Waals surface area contributed by atoms with E-state index in [-0.39, 0.29) is 17.3 Å². The van der Waals surface area contributed by atoms with Crippen molar-refractivity contribution in [2.24, 2.45) is 0 Å². The van der Waals surface area contributed by atoms with Crippen LogP contribution in [0.1, 0.15) is 33.6 Å². The fourth-order valence-electron chi connectivity index (χ4n) is 1.00. The highest BCUT2D eigenvalue weighted by molar-refractivity contribution is 7.90. The normalized spacial score (nSPS) is 17.5. The minimum absolute atomic E-state index is 0.0233. The van der Waals surface area contributed by atoms with Crippen LogP contribution in [0.3, 0.4) is 0 Å². The molecule has 0 saturated heterocycles. The second-order valence-corrected chi connectivity index (χ2v) is 6.83. The number of amides is 1. The predicted octanol–water partition coefficient (Wildman–Crippen LogP) is -0.0171. The van der Waals surface area contributed by atoms with E-state index in [0.29, 0.717) is 12.8 Å². The zero-order valence-corrected chi connectivity index (χ0v) is 10.1. The summed E-state index contributed by atoms with van der Waals surface area (Å²) in [6, 6.07) is 0. The molecule has 5 nitrogen and oxygen atoms in total. The van der Waals surface area contributed by atoms with Crippen molar-refractivity contribution in [3.05, 3.63) is 0 Å². The maximum Gasteiger partial charge on any atom is 0.247 e. The first-order chi connectivity index (χ1) is 6.71. The van der Waals surface area contributed by atoms with E-state index in [9.17, 15) is 13.2 Å². The van der Waals surface area contributed by atoms with Crippen molar-refractivity contribution in [2.75, 3.05) is 6.54 Å². The second kappa shape index (κ2) is 4.09. The molecule has 1 rings (SSSR count). The summed E-state index contributed by atoms with van der Waals surface area (Å²) in [5, 5.41) is 2.58. The van der Waals surface area contributed by atoms with Crippen LogP contribution in [0.5, 0.6) is 0 Å². The Morgan fingerprint density at radius 3 is 2.27 bits per heavy atom. The number of carbonyl (C=O) groups excluding carboxylic acids is 1. The van der Waals surface area contributed by atoms with E-state index < -0.39 is 15.9 Å². The molecule has 6 heteroatoms. The van der Waals surface area contributed by atoms with E-state index in [2.05, 4.69) is 10.0 Å². The number of rotatable bonds is 4. The summed E-state index contributed by atoms with van der Waals surface area (Å²) >= 11 is 0. The maximum absolute atomic E-state index is 11.4. The Balaban J connectivity index is 2.36. The van der Waals surface area contributed by atoms with Gasteiger partial charge in [-0.2, -0.15) is 0 Å². The third-order valence-electron chi connectivity index (χ3n) is 2.00. The van der Waals surface area contributed by atoms with E-state index in [1.165, 1.54) is 0 Å². The number of hydrogen-bond acceptors (Lipinski definition) is 4. The van der Waals surface area contributed by atoms with Crippen molar-refractivity contribution < 1.29 is 13.2 Å². The van der Waals surface area contributed by atoms with Gasteiger partial charge in [0, 0.05) is 5.54 Å². The van der Waals surface area contributed by atoms with Gasteiger partial charge in [0.25, 0.3) is 0 Å². The lowest BCUT2D eigenvalue weighted by molar-refractivity contribution is -0.118. The number of nitrogens with one attached hydrogen (secondary N) is 2. The van der Waals surface area contributed by atoms with Crippen molar-refractivity contribution in [1.82, 2.24) is 10.0 Å². The van der Waals surface area contributed by atoms with Crippen molar-refractivity contribution in [1.29, 1.82) is 0 Å². The van der Waals surface area contributed by atoms with Crippen LogP contribution in [0.15, 0.2) is 0 Å². The van der Waals surface area contributed by atoms with Gasteiger partial charge >= 0.3 is 0 Å². The van der Waals surface area contributed by atoms with E-state index in [0.717, 1.165) is 0 Å². The largest absolute Gasteiger partial charge is 0.304 e. The first kappa shape index (κ1) is 12.4. The second-order valence-electron chi connectivity index (χ2n) is 4.87. The first-order valence-electron chi connectivity index (χ1n) is 5.00. The molecule has 0 unspecified atom stereocenters. The highest BCUT2D eigenvalue weighted by atomic mass is 32.2. The number of sulfonamides is 1. The first-order valence-corrected chi connectivity index (χ1v) is 6.55. The van der Waals surface area contributed by atoms with Gasteiger partial charge in [-0.3, -0.25) is 9.52 Å². The average Bonchev–Trinajstić information content (AvgIpc) is 2.80. The predicted molar refractivity (Wildman–Crippen MR) is 57.8 cm³/mol. The fourth-order valence-corrected chi connectivity index (χ4v) is 2.31. The van der Waals surface area contributed by atoms with Crippen molar-refractivity contribution in [3.8, 4) is 0 Å². The third-order valence-corrected chi connectivity index (χ3v) is 3.86. The molecule has 1 fully saturated rings. The Morgan fingerprint density at radius 2 is 1.87 bits per heavy atom. The lowest BCUT2D eigenvalue weighted by Gasteiger charge is -2.19. The van der Waals surface area contributed by atoms with Crippen molar-refractivity contribution in [2.45, 2.75) is 44.4 Å². The molecule has 88 valence electrons. The molecule has 1 saturated carbocycles. The van der Waals surface area contributed by atoms with Crippen molar-refractivity contribution in [3.63, 3.8) is 0 Å². The standard InChI is InChI=1S/C9H18N2O3S/c1-9(2,3)10-6-8(12)11-15(13,14)7-4-5-7/h7,10H,4-6H2,1-3H3,(H,11,12). The van der Waals surface area contributed by atoms with E-state index in [4.69, 9.17) is 0 Å². The molecular formula is C9H18N2O3S. The fraction of sp³-hybridized carbons (Fsp3) is 0.889. The van der Waals surface area contributed by atoms with Gasteiger partial charge in [-0.15, -0.1) is 0 Å². The van der Waals surface area contributed by atoms with Crippen LogP contribution in [-0.4, -0.2) is 31.7 Å². The number of carbonyl (C=O) groups is 1. The molecule has 0 bridgehead atoms. The van der Waals surface area contributed by atoms with Gasteiger partial charge in [0.2, 0.25) is 15.9 Å². The monoisotopic (exact) mass is 234 g/mol. The Labute approximate surface area is 90.7 Å². The van der Waals surface area contributed by atoms with E-state index >= 15 is 0 Å². The Hall–Kier alpha value is -0.620.